The van der Waals surface area contributed by atoms with Crippen LogP contribution >= 0.6 is 0 Å². The van der Waals surface area contributed by atoms with Crippen LogP contribution in [0.2, 0.25) is 0 Å². The summed E-state index contributed by atoms with van der Waals surface area (Å²) < 4.78 is 38.7. The molecule has 0 aromatic heterocycles. The lowest BCUT2D eigenvalue weighted by atomic mass is 9.71. The van der Waals surface area contributed by atoms with E-state index in [-0.39, 0.29) is 12.5 Å². The Morgan fingerprint density at radius 2 is 2.00 bits per heavy atom. The SMILES string of the molecule is O=C(CNCC1CC1)NC1(c2cccc(C(F)(F)F)c2)CCC1. The molecule has 0 saturated heterocycles. The highest BCUT2D eigenvalue weighted by atomic mass is 19.4. The van der Waals surface area contributed by atoms with Crippen molar-refractivity contribution in [2.45, 2.75) is 43.8 Å². The number of benzene rings is 1. The number of halogens is 3. The third kappa shape index (κ3) is 3.86. The second kappa shape index (κ2) is 6.15. The van der Waals surface area contributed by atoms with Crippen molar-refractivity contribution in [3.05, 3.63) is 35.4 Å². The minimum absolute atomic E-state index is 0.150. The van der Waals surface area contributed by atoms with E-state index in [1.807, 2.05) is 0 Å². The molecule has 3 rings (SSSR count). The molecule has 0 radical (unpaired) electrons. The smallest absolute Gasteiger partial charge is 0.345 e. The van der Waals surface area contributed by atoms with Gasteiger partial charge in [-0.25, -0.2) is 0 Å². The predicted molar refractivity (Wildman–Crippen MR) is 80.7 cm³/mol. The number of alkyl halides is 3. The molecule has 0 aliphatic heterocycles. The van der Waals surface area contributed by atoms with Gasteiger partial charge in [-0.15, -0.1) is 0 Å². The van der Waals surface area contributed by atoms with Gasteiger partial charge in [-0.2, -0.15) is 13.2 Å². The first-order valence-electron chi connectivity index (χ1n) is 8.08. The van der Waals surface area contributed by atoms with Crippen molar-refractivity contribution in [2.24, 2.45) is 5.92 Å². The third-order valence-electron chi connectivity index (χ3n) is 4.74. The van der Waals surface area contributed by atoms with Gasteiger partial charge in [0.1, 0.15) is 0 Å². The minimum Gasteiger partial charge on any atom is -0.345 e. The number of amides is 1. The summed E-state index contributed by atoms with van der Waals surface area (Å²) in [5.74, 6) is 0.534. The molecule has 0 unspecified atom stereocenters. The highest BCUT2D eigenvalue weighted by Gasteiger charge is 2.41. The van der Waals surface area contributed by atoms with Gasteiger partial charge >= 0.3 is 6.18 Å². The summed E-state index contributed by atoms with van der Waals surface area (Å²) in [4.78, 5) is 12.1. The van der Waals surface area contributed by atoms with E-state index in [2.05, 4.69) is 10.6 Å². The van der Waals surface area contributed by atoms with Crippen LogP contribution in [0.3, 0.4) is 0 Å². The number of nitrogens with one attached hydrogen (secondary N) is 2. The third-order valence-corrected chi connectivity index (χ3v) is 4.74. The second-order valence-corrected chi connectivity index (χ2v) is 6.64. The van der Waals surface area contributed by atoms with Crippen LogP contribution in [-0.2, 0) is 16.5 Å². The number of hydrogen-bond donors (Lipinski definition) is 2. The summed E-state index contributed by atoms with van der Waals surface area (Å²) in [5, 5.41) is 6.06. The average molecular weight is 326 g/mol. The maximum atomic E-state index is 12.9. The van der Waals surface area contributed by atoms with E-state index in [0.717, 1.165) is 25.1 Å². The predicted octanol–water partition coefficient (Wildman–Crippen LogP) is 3.20. The lowest BCUT2D eigenvalue weighted by molar-refractivity contribution is -0.137. The van der Waals surface area contributed by atoms with Crippen LogP contribution in [0, 0.1) is 5.92 Å². The topological polar surface area (TPSA) is 41.1 Å². The molecule has 6 heteroatoms. The molecule has 2 fully saturated rings. The first kappa shape index (κ1) is 16.3. The Morgan fingerprint density at radius 1 is 1.26 bits per heavy atom. The van der Waals surface area contributed by atoms with Crippen molar-refractivity contribution in [1.29, 1.82) is 0 Å². The molecule has 0 spiro atoms. The Morgan fingerprint density at radius 3 is 2.57 bits per heavy atom. The first-order chi connectivity index (χ1) is 10.9. The Bertz CT molecular complexity index is 577. The van der Waals surface area contributed by atoms with Gasteiger partial charge in [0.2, 0.25) is 5.91 Å². The molecule has 23 heavy (non-hydrogen) atoms. The summed E-state index contributed by atoms with van der Waals surface area (Å²) >= 11 is 0. The molecule has 0 atom stereocenters. The molecule has 126 valence electrons. The quantitative estimate of drug-likeness (QED) is 0.843. The summed E-state index contributed by atoms with van der Waals surface area (Å²) in [6, 6.07) is 5.31. The standard InChI is InChI=1S/C17H21F3N2O/c18-17(19,20)14-4-1-3-13(9-14)16(7-2-8-16)22-15(23)11-21-10-12-5-6-12/h1,3-4,9,12,21H,2,5-8,10-11H2,(H,22,23). The van der Waals surface area contributed by atoms with E-state index >= 15 is 0 Å². The van der Waals surface area contributed by atoms with Crippen molar-refractivity contribution in [1.82, 2.24) is 10.6 Å². The summed E-state index contributed by atoms with van der Waals surface area (Å²) in [7, 11) is 0. The van der Waals surface area contributed by atoms with E-state index in [9.17, 15) is 18.0 Å². The average Bonchev–Trinajstić information content (AvgIpc) is 3.26. The summed E-state index contributed by atoms with van der Waals surface area (Å²) in [6.07, 6.45) is 0.333. The molecule has 3 nitrogen and oxygen atoms in total. The van der Waals surface area contributed by atoms with Crippen LogP contribution in [0.1, 0.15) is 43.2 Å². The molecule has 0 heterocycles. The monoisotopic (exact) mass is 326 g/mol. The van der Waals surface area contributed by atoms with Crippen LogP contribution in [0.25, 0.3) is 0 Å². The zero-order valence-electron chi connectivity index (χ0n) is 12.9. The fraction of sp³-hybridized carbons (Fsp3) is 0.588. The van der Waals surface area contributed by atoms with E-state index in [1.165, 1.54) is 18.9 Å². The number of hydrogen-bond acceptors (Lipinski definition) is 2. The lowest BCUT2D eigenvalue weighted by Gasteiger charge is -2.43. The lowest BCUT2D eigenvalue weighted by Crippen LogP contribution is -2.53. The molecule has 2 aliphatic rings. The van der Waals surface area contributed by atoms with Gasteiger partial charge in [-0.1, -0.05) is 12.1 Å². The Hall–Kier alpha value is -1.56. The molecule has 1 aromatic carbocycles. The van der Waals surface area contributed by atoms with Gasteiger partial charge in [-0.3, -0.25) is 4.79 Å². The number of carbonyl (C=O) groups is 1. The Labute approximate surface area is 133 Å². The van der Waals surface area contributed by atoms with Crippen molar-refractivity contribution in [3.8, 4) is 0 Å². The van der Waals surface area contributed by atoms with Gasteiger partial charge in [0.15, 0.2) is 0 Å². The van der Waals surface area contributed by atoms with Gasteiger partial charge in [0.25, 0.3) is 0 Å². The van der Waals surface area contributed by atoms with Crippen molar-refractivity contribution < 1.29 is 18.0 Å². The highest BCUT2D eigenvalue weighted by molar-refractivity contribution is 5.79. The summed E-state index contributed by atoms with van der Waals surface area (Å²) in [6.45, 7) is 1.06. The van der Waals surface area contributed by atoms with Crippen LogP contribution in [-0.4, -0.2) is 19.0 Å². The highest BCUT2D eigenvalue weighted by Crippen LogP contribution is 2.42. The van der Waals surface area contributed by atoms with E-state index in [4.69, 9.17) is 0 Å². The molecule has 2 saturated carbocycles. The van der Waals surface area contributed by atoms with E-state index < -0.39 is 17.3 Å². The van der Waals surface area contributed by atoms with Crippen molar-refractivity contribution in [2.75, 3.05) is 13.1 Å². The van der Waals surface area contributed by atoms with E-state index in [1.54, 1.807) is 6.07 Å². The van der Waals surface area contributed by atoms with Crippen LogP contribution < -0.4 is 10.6 Å². The normalized spacial score (nSPS) is 20.0. The maximum Gasteiger partial charge on any atom is 0.416 e. The molecule has 1 amide bonds. The van der Waals surface area contributed by atoms with E-state index in [0.29, 0.717) is 24.3 Å². The van der Waals surface area contributed by atoms with Crippen LogP contribution in [0.5, 0.6) is 0 Å². The molecular weight excluding hydrogens is 305 g/mol. The Balaban J connectivity index is 1.66. The molecule has 2 aliphatic carbocycles. The van der Waals surface area contributed by atoms with Crippen LogP contribution in [0.15, 0.2) is 24.3 Å². The van der Waals surface area contributed by atoms with Gasteiger partial charge in [-0.05, 0) is 62.3 Å². The van der Waals surface area contributed by atoms with Gasteiger partial charge in [0.05, 0.1) is 17.6 Å². The molecule has 0 bridgehead atoms. The van der Waals surface area contributed by atoms with Gasteiger partial charge in [0, 0.05) is 0 Å². The molecule has 2 N–H and O–H groups in total. The van der Waals surface area contributed by atoms with Crippen molar-refractivity contribution >= 4 is 5.91 Å². The largest absolute Gasteiger partial charge is 0.416 e. The summed E-state index contributed by atoms with van der Waals surface area (Å²) in [5.41, 5.74) is -0.754. The van der Waals surface area contributed by atoms with Gasteiger partial charge < -0.3 is 10.6 Å². The maximum absolute atomic E-state index is 12.9. The fourth-order valence-corrected chi connectivity index (χ4v) is 3.03. The first-order valence-corrected chi connectivity index (χ1v) is 8.08. The van der Waals surface area contributed by atoms with Crippen molar-refractivity contribution in [3.63, 3.8) is 0 Å². The fourth-order valence-electron chi connectivity index (χ4n) is 3.03. The molecule has 1 aromatic rings. The van der Waals surface area contributed by atoms with Crippen LogP contribution in [0.4, 0.5) is 13.2 Å². The zero-order chi connectivity index (χ0) is 16.5. The Kier molecular flexibility index (Phi) is 4.36. The number of rotatable bonds is 6. The zero-order valence-corrected chi connectivity index (χ0v) is 12.9. The molecular formula is C17H21F3N2O. The minimum atomic E-state index is -4.36. The second-order valence-electron chi connectivity index (χ2n) is 6.64. The number of carbonyl (C=O) groups excluding carboxylic acids is 1.